The van der Waals surface area contributed by atoms with E-state index in [1.54, 1.807) is 0 Å². The molecule has 2 heterocycles. The highest BCUT2D eigenvalue weighted by molar-refractivity contribution is 7.99. The smallest absolute Gasteiger partial charge is 0.0811 e. The van der Waals surface area contributed by atoms with Gasteiger partial charge in [0.15, 0.2) is 0 Å². The van der Waals surface area contributed by atoms with Crippen molar-refractivity contribution in [1.82, 2.24) is 15.8 Å². The Kier molecular flexibility index (Phi) is 3.66. The van der Waals surface area contributed by atoms with Crippen molar-refractivity contribution in [3.63, 3.8) is 0 Å². The maximum absolute atomic E-state index is 3.44. The second-order valence-corrected chi connectivity index (χ2v) is 5.86. The second kappa shape index (κ2) is 5.40. The van der Waals surface area contributed by atoms with Gasteiger partial charge in [-0.15, -0.1) is 0 Å². The molecule has 17 heavy (non-hydrogen) atoms. The van der Waals surface area contributed by atoms with E-state index >= 15 is 0 Å². The summed E-state index contributed by atoms with van der Waals surface area (Å²) in [5.41, 5.74) is 8.20. The van der Waals surface area contributed by atoms with Crippen LogP contribution in [-0.2, 0) is 0 Å². The number of hydrazine groups is 1. The van der Waals surface area contributed by atoms with Crippen LogP contribution in [0.5, 0.6) is 0 Å². The molecule has 2 aliphatic rings. The Labute approximate surface area is 107 Å². The minimum Gasteiger partial charge on any atom is -0.285 e. The van der Waals surface area contributed by atoms with Gasteiger partial charge >= 0.3 is 0 Å². The van der Waals surface area contributed by atoms with Crippen LogP contribution in [0, 0.1) is 0 Å². The maximum atomic E-state index is 3.44. The van der Waals surface area contributed by atoms with Gasteiger partial charge in [0.05, 0.1) is 6.17 Å². The molecule has 0 aromatic heterocycles. The summed E-state index contributed by atoms with van der Waals surface area (Å²) in [6, 6.07) is 10.8. The summed E-state index contributed by atoms with van der Waals surface area (Å²) in [6.45, 7) is 3.43. The Morgan fingerprint density at radius 1 is 1.12 bits per heavy atom. The molecule has 0 bridgehead atoms. The molecule has 1 aromatic rings. The third kappa shape index (κ3) is 2.50. The van der Waals surface area contributed by atoms with Gasteiger partial charge in [0.25, 0.3) is 0 Å². The molecule has 4 heteroatoms. The lowest BCUT2D eigenvalue weighted by Gasteiger charge is -2.34. The van der Waals surface area contributed by atoms with Gasteiger partial charge in [-0.05, 0) is 5.56 Å². The predicted octanol–water partition coefficient (Wildman–Crippen LogP) is 1.25. The van der Waals surface area contributed by atoms with Crippen LogP contribution in [0.4, 0.5) is 0 Å². The van der Waals surface area contributed by atoms with Crippen LogP contribution in [0.25, 0.3) is 0 Å². The van der Waals surface area contributed by atoms with Crippen molar-refractivity contribution in [2.24, 2.45) is 0 Å². The zero-order valence-electron chi connectivity index (χ0n) is 9.93. The highest BCUT2D eigenvalue weighted by Crippen LogP contribution is 2.26. The molecule has 2 atom stereocenters. The third-order valence-electron chi connectivity index (χ3n) is 3.62. The predicted molar refractivity (Wildman–Crippen MR) is 73.0 cm³/mol. The van der Waals surface area contributed by atoms with E-state index in [2.05, 4.69) is 57.8 Å². The number of hydrogen-bond donors (Lipinski definition) is 2. The molecular weight excluding hydrogens is 230 g/mol. The van der Waals surface area contributed by atoms with E-state index in [0.717, 1.165) is 6.54 Å². The zero-order chi connectivity index (χ0) is 11.5. The molecule has 92 valence electrons. The summed E-state index contributed by atoms with van der Waals surface area (Å²) in [7, 11) is 0. The summed E-state index contributed by atoms with van der Waals surface area (Å²) in [4.78, 5) is 2.58. The minimum atomic E-state index is 0.457. The topological polar surface area (TPSA) is 27.3 Å². The van der Waals surface area contributed by atoms with Gasteiger partial charge < -0.3 is 0 Å². The van der Waals surface area contributed by atoms with Gasteiger partial charge in [-0.1, -0.05) is 30.3 Å². The van der Waals surface area contributed by atoms with Crippen molar-refractivity contribution >= 4 is 11.8 Å². The Morgan fingerprint density at radius 3 is 2.65 bits per heavy atom. The zero-order valence-corrected chi connectivity index (χ0v) is 10.7. The standard InChI is InChI=1S/C13H19N3S/c1-2-4-11(5-3-1)12-10-14-15-13(12)16-6-8-17-9-7-16/h1-5,12-15H,6-10H2. The van der Waals surface area contributed by atoms with Crippen molar-refractivity contribution in [2.45, 2.75) is 12.1 Å². The summed E-state index contributed by atoms with van der Waals surface area (Å²) in [5.74, 6) is 3.10. The van der Waals surface area contributed by atoms with Crippen LogP contribution in [0.15, 0.2) is 30.3 Å². The van der Waals surface area contributed by atoms with E-state index in [0.29, 0.717) is 12.1 Å². The molecule has 2 unspecified atom stereocenters. The average molecular weight is 249 g/mol. The van der Waals surface area contributed by atoms with Crippen LogP contribution < -0.4 is 10.9 Å². The lowest BCUT2D eigenvalue weighted by molar-refractivity contribution is 0.180. The molecule has 2 saturated heterocycles. The SMILES string of the molecule is c1ccc(C2CNNC2N2CCSCC2)cc1. The number of nitrogens with one attached hydrogen (secondary N) is 2. The molecular formula is C13H19N3S. The van der Waals surface area contributed by atoms with Crippen LogP contribution in [-0.4, -0.2) is 42.2 Å². The lowest BCUT2D eigenvalue weighted by atomic mass is 9.96. The molecule has 3 nitrogen and oxygen atoms in total. The summed E-state index contributed by atoms with van der Waals surface area (Å²) >= 11 is 2.06. The van der Waals surface area contributed by atoms with E-state index in [4.69, 9.17) is 0 Å². The molecule has 0 radical (unpaired) electrons. The first-order valence-corrected chi connectivity index (χ1v) is 7.46. The van der Waals surface area contributed by atoms with E-state index in [-0.39, 0.29) is 0 Å². The number of rotatable bonds is 2. The number of nitrogens with zero attached hydrogens (tertiary/aromatic N) is 1. The average Bonchev–Trinajstić information content (AvgIpc) is 2.90. The fourth-order valence-corrected chi connectivity index (χ4v) is 3.62. The van der Waals surface area contributed by atoms with Crippen LogP contribution in [0.2, 0.25) is 0 Å². The number of benzene rings is 1. The van der Waals surface area contributed by atoms with Crippen molar-refractivity contribution in [1.29, 1.82) is 0 Å². The van der Waals surface area contributed by atoms with Crippen LogP contribution in [0.3, 0.4) is 0 Å². The van der Waals surface area contributed by atoms with E-state index in [1.807, 2.05) is 0 Å². The minimum absolute atomic E-state index is 0.457. The highest BCUT2D eigenvalue weighted by Gasteiger charge is 2.33. The molecule has 2 fully saturated rings. The summed E-state index contributed by atoms with van der Waals surface area (Å²) in [6.07, 6.45) is 0.457. The molecule has 2 N–H and O–H groups in total. The number of hydrogen-bond acceptors (Lipinski definition) is 4. The maximum Gasteiger partial charge on any atom is 0.0811 e. The molecule has 0 spiro atoms. The fourth-order valence-electron chi connectivity index (χ4n) is 2.69. The fraction of sp³-hybridized carbons (Fsp3) is 0.538. The first-order valence-electron chi connectivity index (χ1n) is 6.30. The Morgan fingerprint density at radius 2 is 1.88 bits per heavy atom. The van der Waals surface area contributed by atoms with Gasteiger partial charge in [0.1, 0.15) is 0 Å². The lowest BCUT2D eigenvalue weighted by Crippen LogP contribution is -2.50. The van der Waals surface area contributed by atoms with Gasteiger partial charge in [0, 0.05) is 37.1 Å². The summed E-state index contributed by atoms with van der Waals surface area (Å²) < 4.78 is 0. The van der Waals surface area contributed by atoms with Crippen molar-refractivity contribution in [3.05, 3.63) is 35.9 Å². The number of thioether (sulfide) groups is 1. The molecule has 1 aromatic carbocycles. The van der Waals surface area contributed by atoms with E-state index < -0.39 is 0 Å². The third-order valence-corrected chi connectivity index (χ3v) is 4.56. The van der Waals surface area contributed by atoms with Gasteiger partial charge in [-0.2, -0.15) is 11.8 Å². The second-order valence-electron chi connectivity index (χ2n) is 4.64. The van der Waals surface area contributed by atoms with Gasteiger partial charge in [-0.3, -0.25) is 10.3 Å². The summed E-state index contributed by atoms with van der Waals surface area (Å²) in [5, 5.41) is 0. The normalized spacial score (nSPS) is 30.6. The first kappa shape index (κ1) is 11.5. The van der Waals surface area contributed by atoms with Crippen molar-refractivity contribution < 1.29 is 0 Å². The Bertz CT molecular complexity index is 351. The Hall–Kier alpha value is -0.550. The Balaban J connectivity index is 1.75. The highest BCUT2D eigenvalue weighted by atomic mass is 32.2. The monoisotopic (exact) mass is 249 g/mol. The molecule has 2 aliphatic heterocycles. The van der Waals surface area contributed by atoms with Crippen molar-refractivity contribution in [2.75, 3.05) is 31.1 Å². The van der Waals surface area contributed by atoms with Crippen molar-refractivity contribution in [3.8, 4) is 0 Å². The van der Waals surface area contributed by atoms with E-state index in [9.17, 15) is 0 Å². The molecule has 0 aliphatic carbocycles. The molecule has 3 rings (SSSR count). The van der Waals surface area contributed by atoms with Crippen LogP contribution >= 0.6 is 11.8 Å². The first-order chi connectivity index (χ1) is 8.45. The largest absolute Gasteiger partial charge is 0.285 e. The molecule has 0 amide bonds. The van der Waals surface area contributed by atoms with Crippen LogP contribution in [0.1, 0.15) is 11.5 Å². The quantitative estimate of drug-likeness (QED) is 0.825. The van der Waals surface area contributed by atoms with Gasteiger partial charge in [-0.25, -0.2) is 5.43 Å². The van der Waals surface area contributed by atoms with E-state index in [1.165, 1.54) is 30.2 Å². The van der Waals surface area contributed by atoms with Gasteiger partial charge in [0.2, 0.25) is 0 Å². The molecule has 0 saturated carbocycles.